The fourth-order valence-corrected chi connectivity index (χ4v) is 1.71. The summed E-state index contributed by atoms with van der Waals surface area (Å²) in [4.78, 5) is 8.58. The number of methoxy groups -OCH3 is 1. The number of pyridine rings is 1. The van der Waals surface area contributed by atoms with Crippen molar-refractivity contribution in [3.63, 3.8) is 0 Å². The van der Waals surface area contributed by atoms with Crippen LogP contribution in [0.4, 0.5) is 0 Å². The van der Waals surface area contributed by atoms with Gasteiger partial charge >= 0.3 is 0 Å². The Hall–Kier alpha value is -1.84. The summed E-state index contributed by atoms with van der Waals surface area (Å²) < 4.78 is 10.7. The van der Waals surface area contributed by atoms with Gasteiger partial charge in [0.2, 0.25) is 11.8 Å². The number of nitrogens with zero attached hydrogens (tertiary/aromatic N) is 2. The second-order valence-corrected chi connectivity index (χ2v) is 4.82. The van der Waals surface area contributed by atoms with E-state index in [0.29, 0.717) is 23.5 Å². The Kier molecular flexibility index (Phi) is 5.55. The molecule has 104 valence electrons. The summed E-state index contributed by atoms with van der Waals surface area (Å²) in [6, 6.07) is 3.79. The van der Waals surface area contributed by atoms with Crippen LogP contribution in [0.1, 0.15) is 32.0 Å². The van der Waals surface area contributed by atoms with E-state index < -0.39 is 0 Å². The molecule has 0 N–H and O–H groups in total. The molecule has 1 aromatic heterocycles. The molecule has 1 aromatic rings. The molecule has 0 fully saturated rings. The van der Waals surface area contributed by atoms with Crippen LogP contribution >= 0.6 is 0 Å². The number of hydrogen-bond acceptors (Lipinski definition) is 4. The molecule has 0 radical (unpaired) electrons. The van der Waals surface area contributed by atoms with Gasteiger partial charge in [-0.25, -0.2) is 4.98 Å². The lowest BCUT2D eigenvalue weighted by Crippen LogP contribution is -2.08. The molecule has 0 aromatic carbocycles. The van der Waals surface area contributed by atoms with Crippen molar-refractivity contribution in [3.05, 3.63) is 35.7 Å². The molecule has 0 saturated carbocycles. The van der Waals surface area contributed by atoms with Gasteiger partial charge in [0.15, 0.2) is 0 Å². The summed E-state index contributed by atoms with van der Waals surface area (Å²) in [5.74, 6) is 2.22. The van der Waals surface area contributed by atoms with E-state index in [1.807, 2.05) is 12.1 Å². The van der Waals surface area contributed by atoms with Crippen molar-refractivity contribution in [2.24, 2.45) is 10.9 Å². The van der Waals surface area contributed by atoms with Crippen LogP contribution in [0.2, 0.25) is 0 Å². The highest BCUT2D eigenvalue weighted by Gasteiger charge is 2.11. The average molecular weight is 262 g/mol. The predicted octanol–water partition coefficient (Wildman–Crippen LogP) is 3.22. The average Bonchev–Trinajstić information content (AvgIpc) is 2.34. The smallest absolute Gasteiger partial charge is 0.221 e. The van der Waals surface area contributed by atoms with Crippen molar-refractivity contribution in [2.75, 3.05) is 14.2 Å². The third kappa shape index (κ3) is 4.73. The van der Waals surface area contributed by atoms with E-state index in [2.05, 4.69) is 30.4 Å². The number of rotatable bonds is 5. The quantitative estimate of drug-likeness (QED) is 0.465. The Bertz CT molecular complexity index is 479. The first-order valence-electron chi connectivity index (χ1n) is 6.31. The van der Waals surface area contributed by atoms with Crippen LogP contribution in [0.25, 0.3) is 0 Å². The van der Waals surface area contributed by atoms with Crippen LogP contribution in [-0.4, -0.2) is 25.0 Å². The summed E-state index contributed by atoms with van der Waals surface area (Å²) in [5.41, 5.74) is 1.82. The Labute approximate surface area is 115 Å². The van der Waals surface area contributed by atoms with E-state index in [0.717, 1.165) is 17.7 Å². The summed E-state index contributed by atoms with van der Waals surface area (Å²) in [6.07, 6.45) is 0.883. The van der Waals surface area contributed by atoms with Crippen molar-refractivity contribution in [1.82, 2.24) is 4.98 Å². The first-order chi connectivity index (χ1) is 8.96. The van der Waals surface area contributed by atoms with Crippen molar-refractivity contribution >= 4 is 5.90 Å². The standard InChI is InChI=1S/C15H22N2O2/c1-10(2)7-13-8-12(9-14(17-13)18-6)15(16-5)19-11(3)4/h8-10H,3,7H2,1-2,4-6H3. The highest BCUT2D eigenvalue weighted by atomic mass is 16.5. The summed E-state index contributed by atoms with van der Waals surface area (Å²) >= 11 is 0. The predicted molar refractivity (Wildman–Crippen MR) is 77.7 cm³/mol. The van der Waals surface area contributed by atoms with E-state index in [4.69, 9.17) is 9.47 Å². The molecule has 0 saturated heterocycles. The minimum Gasteiger partial charge on any atom is -0.481 e. The summed E-state index contributed by atoms with van der Waals surface area (Å²) in [5, 5.41) is 0. The van der Waals surface area contributed by atoms with E-state index in [1.54, 1.807) is 21.1 Å². The molecule has 4 heteroatoms. The molecule has 0 aliphatic heterocycles. The Morgan fingerprint density at radius 1 is 1.42 bits per heavy atom. The molecule has 0 bridgehead atoms. The number of allylic oxidation sites excluding steroid dienone is 1. The van der Waals surface area contributed by atoms with Gasteiger partial charge in [0.25, 0.3) is 0 Å². The van der Waals surface area contributed by atoms with Crippen LogP contribution in [0.15, 0.2) is 29.5 Å². The minimum absolute atomic E-state index is 0.525. The molecule has 0 amide bonds. The maximum atomic E-state index is 5.52. The van der Waals surface area contributed by atoms with Crippen LogP contribution in [0.3, 0.4) is 0 Å². The minimum atomic E-state index is 0.525. The first-order valence-corrected chi connectivity index (χ1v) is 6.31. The molecule has 19 heavy (non-hydrogen) atoms. The number of aromatic nitrogens is 1. The summed E-state index contributed by atoms with van der Waals surface area (Å²) in [7, 11) is 3.29. The van der Waals surface area contributed by atoms with Crippen molar-refractivity contribution in [2.45, 2.75) is 27.2 Å². The van der Waals surface area contributed by atoms with E-state index in [1.165, 1.54) is 0 Å². The zero-order chi connectivity index (χ0) is 14.4. The largest absolute Gasteiger partial charge is 0.481 e. The van der Waals surface area contributed by atoms with Crippen molar-refractivity contribution < 1.29 is 9.47 Å². The van der Waals surface area contributed by atoms with Crippen molar-refractivity contribution in [1.29, 1.82) is 0 Å². The zero-order valence-electron chi connectivity index (χ0n) is 12.4. The fourth-order valence-electron chi connectivity index (χ4n) is 1.71. The van der Waals surface area contributed by atoms with Gasteiger partial charge < -0.3 is 9.47 Å². The van der Waals surface area contributed by atoms with Gasteiger partial charge in [0.05, 0.1) is 12.9 Å². The second-order valence-electron chi connectivity index (χ2n) is 4.82. The highest BCUT2D eigenvalue weighted by molar-refractivity contribution is 5.95. The molecule has 4 nitrogen and oxygen atoms in total. The van der Waals surface area contributed by atoms with E-state index in [-0.39, 0.29) is 0 Å². The van der Waals surface area contributed by atoms with Crippen LogP contribution in [0.5, 0.6) is 5.88 Å². The van der Waals surface area contributed by atoms with Gasteiger partial charge in [-0.2, -0.15) is 0 Å². The second kappa shape index (κ2) is 6.92. The van der Waals surface area contributed by atoms with Crippen LogP contribution in [-0.2, 0) is 11.2 Å². The highest BCUT2D eigenvalue weighted by Crippen LogP contribution is 2.17. The molecule has 1 heterocycles. The number of aliphatic imine (C=N–C) groups is 1. The van der Waals surface area contributed by atoms with Gasteiger partial charge in [-0.15, -0.1) is 0 Å². The van der Waals surface area contributed by atoms with Gasteiger partial charge in [-0.3, -0.25) is 4.99 Å². The van der Waals surface area contributed by atoms with Gasteiger partial charge in [0.1, 0.15) is 0 Å². The molecule has 0 atom stereocenters. The Morgan fingerprint density at radius 2 is 2.11 bits per heavy atom. The van der Waals surface area contributed by atoms with Crippen molar-refractivity contribution in [3.8, 4) is 5.88 Å². The van der Waals surface area contributed by atoms with Gasteiger partial charge in [-0.05, 0) is 25.3 Å². The molecular weight excluding hydrogens is 240 g/mol. The normalized spacial score (nSPS) is 11.6. The monoisotopic (exact) mass is 262 g/mol. The fraction of sp³-hybridized carbons (Fsp3) is 0.467. The molecule has 0 aliphatic rings. The Balaban J connectivity index is 3.14. The third-order valence-corrected chi connectivity index (χ3v) is 2.40. The van der Waals surface area contributed by atoms with E-state index >= 15 is 0 Å². The van der Waals surface area contributed by atoms with Crippen LogP contribution < -0.4 is 4.74 Å². The van der Waals surface area contributed by atoms with Crippen LogP contribution in [0, 0.1) is 5.92 Å². The molecular formula is C15H22N2O2. The topological polar surface area (TPSA) is 43.7 Å². The van der Waals surface area contributed by atoms with Gasteiger partial charge in [-0.1, -0.05) is 20.4 Å². The molecule has 0 aliphatic carbocycles. The molecule has 0 spiro atoms. The molecule has 0 unspecified atom stereocenters. The summed E-state index contributed by atoms with van der Waals surface area (Å²) in [6.45, 7) is 9.83. The number of hydrogen-bond donors (Lipinski definition) is 0. The lowest BCUT2D eigenvalue weighted by molar-refractivity contribution is 0.393. The lowest BCUT2D eigenvalue weighted by Gasteiger charge is -2.12. The lowest BCUT2D eigenvalue weighted by atomic mass is 10.1. The third-order valence-electron chi connectivity index (χ3n) is 2.40. The maximum absolute atomic E-state index is 5.52. The molecule has 1 rings (SSSR count). The zero-order valence-corrected chi connectivity index (χ0v) is 12.4. The number of ether oxygens (including phenoxy) is 2. The van der Waals surface area contributed by atoms with E-state index in [9.17, 15) is 0 Å². The SMILES string of the molecule is C=C(C)OC(=NC)c1cc(CC(C)C)nc(OC)c1. The Morgan fingerprint density at radius 3 is 2.58 bits per heavy atom. The maximum Gasteiger partial charge on any atom is 0.221 e. The van der Waals surface area contributed by atoms with Gasteiger partial charge in [0, 0.05) is 24.4 Å². The first kappa shape index (κ1) is 15.2.